The van der Waals surface area contributed by atoms with Gasteiger partial charge in [-0.3, -0.25) is 0 Å². The van der Waals surface area contributed by atoms with Gasteiger partial charge in [-0.05, 0) is 85.0 Å². The van der Waals surface area contributed by atoms with Crippen LogP contribution in [0, 0.1) is 17.3 Å². The first-order chi connectivity index (χ1) is 9.59. The zero-order valence-corrected chi connectivity index (χ0v) is 14.8. The van der Waals surface area contributed by atoms with Crippen molar-refractivity contribution in [3.63, 3.8) is 0 Å². The first-order valence-electron chi connectivity index (χ1n) is 8.09. The topological polar surface area (TPSA) is 40.5 Å². The Balaban J connectivity index is 0.00000132. The molecule has 3 heteroatoms. The van der Waals surface area contributed by atoms with Crippen LogP contribution in [0.25, 0.3) is 0 Å². The van der Waals surface area contributed by atoms with Gasteiger partial charge >= 0.3 is 21.1 Å². The molecule has 0 heterocycles. The standard InChI is InChI=1S/C18H24O2.Pt/c1-18-9-8-14-13-5-3-12(19)10-11(13)2-4-15(14)16(18)6-7-17(18)20;/h3,5,10,14-17,19-20H,2,4,6-9H2,1H3;/q;+2/t14-,15-,16+,17?,18+;/m1./s1. The Labute approximate surface area is 141 Å². The summed E-state index contributed by atoms with van der Waals surface area (Å²) in [5.74, 6) is 2.49. The van der Waals surface area contributed by atoms with E-state index >= 15 is 0 Å². The van der Waals surface area contributed by atoms with E-state index in [0.29, 0.717) is 17.6 Å². The number of rotatable bonds is 0. The van der Waals surface area contributed by atoms with Crippen molar-refractivity contribution in [1.82, 2.24) is 0 Å². The van der Waals surface area contributed by atoms with Crippen LogP contribution in [0.2, 0.25) is 0 Å². The quantitative estimate of drug-likeness (QED) is 0.612. The molecule has 0 spiro atoms. The van der Waals surface area contributed by atoms with E-state index in [9.17, 15) is 10.2 Å². The molecule has 3 aliphatic rings. The molecule has 0 aromatic heterocycles. The third-order valence-corrected chi connectivity index (χ3v) is 6.66. The molecule has 2 fully saturated rings. The van der Waals surface area contributed by atoms with Crippen molar-refractivity contribution in [2.45, 2.75) is 57.5 Å². The molecule has 1 unspecified atom stereocenters. The average molecular weight is 467 g/mol. The molecule has 2 N–H and O–H groups in total. The molecule has 1 aromatic rings. The summed E-state index contributed by atoms with van der Waals surface area (Å²) in [4.78, 5) is 0. The predicted molar refractivity (Wildman–Crippen MR) is 78.7 cm³/mol. The fraction of sp³-hybridized carbons (Fsp3) is 0.667. The molecule has 21 heavy (non-hydrogen) atoms. The largest absolute Gasteiger partial charge is 2.00 e. The number of phenolic OH excluding ortho intramolecular Hbond substituents is 1. The van der Waals surface area contributed by atoms with Crippen molar-refractivity contribution in [3.05, 3.63) is 29.3 Å². The van der Waals surface area contributed by atoms with E-state index in [2.05, 4.69) is 13.0 Å². The Hall–Kier alpha value is -0.332. The van der Waals surface area contributed by atoms with Crippen LogP contribution in [0.15, 0.2) is 18.2 Å². The molecule has 2 saturated carbocycles. The van der Waals surface area contributed by atoms with Crippen molar-refractivity contribution in [2.24, 2.45) is 17.3 Å². The third-order valence-electron chi connectivity index (χ3n) is 6.66. The van der Waals surface area contributed by atoms with E-state index < -0.39 is 0 Å². The van der Waals surface area contributed by atoms with E-state index in [4.69, 9.17) is 0 Å². The Morgan fingerprint density at radius 2 is 1.95 bits per heavy atom. The number of benzene rings is 1. The number of aliphatic hydroxyl groups is 1. The zero-order chi connectivity index (χ0) is 13.9. The zero-order valence-electron chi connectivity index (χ0n) is 12.5. The van der Waals surface area contributed by atoms with Gasteiger partial charge in [0.05, 0.1) is 6.10 Å². The van der Waals surface area contributed by atoms with Crippen molar-refractivity contribution in [3.8, 4) is 5.75 Å². The second-order valence-electron chi connectivity index (χ2n) is 7.44. The van der Waals surface area contributed by atoms with Gasteiger partial charge < -0.3 is 10.2 Å². The van der Waals surface area contributed by atoms with Crippen LogP contribution in [0.5, 0.6) is 5.75 Å². The van der Waals surface area contributed by atoms with Crippen molar-refractivity contribution in [1.29, 1.82) is 0 Å². The molecule has 0 amide bonds. The van der Waals surface area contributed by atoms with Crippen molar-refractivity contribution >= 4 is 0 Å². The summed E-state index contributed by atoms with van der Waals surface area (Å²) in [6.07, 6.45) is 6.78. The monoisotopic (exact) mass is 467 g/mol. The van der Waals surface area contributed by atoms with Crippen LogP contribution in [0.1, 0.15) is 56.1 Å². The summed E-state index contributed by atoms with van der Waals surface area (Å²) in [5.41, 5.74) is 2.99. The Bertz CT molecular complexity index is 544. The maximum atomic E-state index is 10.4. The molecular weight excluding hydrogens is 443 g/mol. The van der Waals surface area contributed by atoms with Gasteiger partial charge in [0, 0.05) is 0 Å². The minimum absolute atomic E-state index is 0. The summed E-state index contributed by atoms with van der Waals surface area (Å²) >= 11 is 0. The minimum atomic E-state index is -0.0883. The molecule has 2 nitrogen and oxygen atoms in total. The molecule has 0 radical (unpaired) electrons. The van der Waals surface area contributed by atoms with Gasteiger partial charge in [-0.15, -0.1) is 0 Å². The maximum Gasteiger partial charge on any atom is 2.00 e. The molecular formula is C18H24O2Pt+2. The van der Waals surface area contributed by atoms with Gasteiger partial charge in [-0.25, -0.2) is 0 Å². The van der Waals surface area contributed by atoms with Crippen LogP contribution in [-0.4, -0.2) is 16.3 Å². The van der Waals surface area contributed by atoms with E-state index in [-0.39, 0.29) is 32.6 Å². The van der Waals surface area contributed by atoms with Crippen LogP contribution in [0.3, 0.4) is 0 Å². The van der Waals surface area contributed by atoms with Crippen molar-refractivity contribution < 1.29 is 31.3 Å². The molecule has 116 valence electrons. The summed E-state index contributed by atoms with van der Waals surface area (Å²) in [6.45, 7) is 2.32. The number of phenols is 1. The van der Waals surface area contributed by atoms with Gasteiger partial charge in [-0.2, -0.15) is 0 Å². The van der Waals surface area contributed by atoms with Gasteiger partial charge in [-0.1, -0.05) is 13.0 Å². The minimum Gasteiger partial charge on any atom is -0.508 e. The normalized spacial score (nSPS) is 40.7. The van der Waals surface area contributed by atoms with Gasteiger partial charge in [0.15, 0.2) is 0 Å². The number of aliphatic hydroxyl groups excluding tert-OH is 1. The van der Waals surface area contributed by atoms with Gasteiger partial charge in [0.1, 0.15) is 5.75 Å². The Morgan fingerprint density at radius 3 is 2.76 bits per heavy atom. The van der Waals surface area contributed by atoms with Gasteiger partial charge in [0.25, 0.3) is 0 Å². The van der Waals surface area contributed by atoms with Crippen molar-refractivity contribution in [2.75, 3.05) is 0 Å². The maximum absolute atomic E-state index is 10.4. The molecule has 0 aliphatic heterocycles. The first-order valence-corrected chi connectivity index (χ1v) is 8.09. The molecule has 5 atom stereocenters. The van der Waals surface area contributed by atoms with E-state index in [1.807, 2.05) is 12.1 Å². The average Bonchev–Trinajstić information content (AvgIpc) is 2.74. The van der Waals surface area contributed by atoms with E-state index in [1.54, 1.807) is 0 Å². The van der Waals surface area contributed by atoms with Crippen LogP contribution in [0.4, 0.5) is 0 Å². The summed E-state index contributed by atoms with van der Waals surface area (Å²) in [5, 5.41) is 20.0. The molecule has 0 saturated heterocycles. The van der Waals surface area contributed by atoms with Crippen LogP contribution >= 0.6 is 0 Å². The third kappa shape index (κ3) is 2.21. The number of fused-ring (bicyclic) bond motifs is 5. The second-order valence-corrected chi connectivity index (χ2v) is 7.44. The summed E-state index contributed by atoms with van der Waals surface area (Å²) in [6, 6.07) is 5.96. The van der Waals surface area contributed by atoms with E-state index in [0.717, 1.165) is 25.2 Å². The first kappa shape index (κ1) is 15.6. The smallest absolute Gasteiger partial charge is 0.508 e. The van der Waals surface area contributed by atoms with Gasteiger partial charge in [0.2, 0.25) is 0 Å². The summed E-state index contributed by atoms with van der Waals surface area (Å²) < 4.78 is 0. The number of hydrogen-bond donors (Lipinski definition) is 2. The fourth-order valence-corrected chi connectivity index (χ4v) is 5.54. The SMILES string of the molecule is C[C@]12CC[C@@H]3c4ccc(O)cc4CC[C@H]3[C@@H]1CCC2O.[Pt+2]. The second kappa shape index (κ2) is 5.39. The molecule has 4 rings (SSSR count). The molecule has 0 bridgehead atoms. The predicted octanol–water partition coefficient (Wildman–Crippen LogP) is 3.61. The van der Waals surface area contributed by atoms with Crippen LogP contribution < -0.4 is 0 Å². The Kier molecular flexibility index (Phi) is 3.99. The summed E-state index contributed by atoms with van der Waals surface area (Å²) in [7, 11) is 0. The number of aryl methyl sites for hydroxylation is 1. The number of hydrogen-bond acceptors (Lipinski definition) is 2. The fourth-order valence-electron chi connectivity index (χ4n) is 5.54. The van der Waals surface area contributed by atoms with E-state index in [1.165, 1.54) is 30.4 Å². The molecule has 1 aromatic carbocycles. The van der Waals surface area contributed by atoms with Crippen LogP contribution in [-0.2, 0) is 27.5 Å². The number of aromatic hydroxyl groups is 1. The molecule has 3 aliphatic carbocycles. The Morgan fingerprint density at radius 1 is 1.14 bits per heavy atom.